The van der Waals surface area contributed by atoms with E-state index in [0.717, 1.165) is 38.6 Å². The van der Waals surface area contributed by atoms with Crippen LogP contribution >= 0.6 is 0 Å². The Labute approximate surface area is 336 Å². The molecule has 2 aliphatic heterocycles. The third-order valence-corrected chi connectivity index (χ3v) is 18.0. The number of carbonyl (C=O) groups is 1. The third kappa shape index (κ3) is 8.53. The summed E-state index contributed by atoms with van der Waals surface area (Å²) < 4.78 is 45.6. The van der Waals surface area contributed by atoms with E-state index < -0.39 is 31.4 Å². The molecule has 306 valence electrons. The average Bonchev–Trinajstić information content (AvgIpc) is 3.38. The number of nitrogens with zero attached hydrogens (tertiary/aromatic N) is 6. The van der Waals surface area contributed by atoms with E-state index in [1.54, 1.807) is 11.1 Å². The van der Waals surface area contributed by atoms with E-state index in [-0.39, 0.29) is 51.3 Å². The monoisotopic (exact) mass is 800 g/mol. The van der Waals surface area contributed by atoms with Crippen LogP contribution in [0, 0.1) is 23.1 Å². The number of phenols is 1. The summed E-state index contributed by atoms with van der Waals surface area (Å²) in [6.07, 6.45) is 5.28. The Morgan fingerprint density at radius 3 is 2.33 bits per heavy atom. The van der Waals surface area contributed by atoms with E-state index in [2.05, 4.69) is 67.9 Å². The summed E-state index contributed by atoms with van der Waals surface area (Å²) in [5.41, 5.74) is 3.89. The largest absolute Gasteiger partial charge is 0.508 e. The highest BCUT2D eigenvalue weighted by molar-refractivity contribution is 6.90. The zero-order valence-corrected chi connectivity index (χ0v) is 36.2. The number of benzene rings is 2. The molecule has 0 saturated carbocycles. The van der Waals surface area contributed by atoms with E-state index in [0.29, 0.717) is 47.1 Å². The van der Waals surface area contributed by atoms with Crippen LogP contribution in [0.25, 0.3) is 32.9 Å². The number of likely N-dealkylation sites (tertiary alicyclic amines) is 1. The summed E-state index contributed by atoms with van der Waals surface area (Å²) in [5, 5.41) is 15.3. The Kier molecular flexibility index (Phi) is 12.4. The minimum atomic E-state index is -2.30. The smallest absolute Gasteiger partial charge is 0.429 e. The lowest BCUT2D eigenvalue weighted by atomic mass is 9.96. The van der Waals surface area contributed by atoms with Crippen LogP contribution in [0.2, 0.25) is 16.6 Å². The molecule has 2 saturated heterocycles. The fourth-order valence-corrected chi connectivity index (χ4v) is 14.0. The molecule has 6 rings (SSSR count). The molecule has 4 aromatic rings. The molecule has 0 unspecified atom stereocenters. The molecule has 2 aromatic heterocycles. The number of pyridine rings is 1. The number of carbonyl (C=O) groups excluding carboxylic acids is 1. The van der Waals surface area contributed by atoms with Crippen LogP contribution < -0.4 is 9.75 Å². The third-order valence-electron chi connectivity index (χ3n) is 11.7. The van der Waals surface area contributed by atoms with Gasteiger partial charge in [-0.2, -0.15) is 9.97 Å². The van der Waals surface area contributed by atoms with Crippen molar-refractivity contribution in [3.8, 4) is 34.5 Å². The lowest BCUT2D eigenvalue weighted by molar-refractivity contribution is 0.0232. The first-order valence-electron chi connectivity index (χ1n) is 20.4. The Hall–Kier alpha value is -4.54. The highest BCUT2D eigenvalue weighted by Gasteiger charge is 2.42. The normalized spacial score (nSPS) is 17.1. The number of hydrogen-bond donors (Lipinski definition) is 1. The molecule has 57 heavy (non-hydrogen) atoms. The maximum absolute atomic E-state index is 17.5. The number of fused-ring (bicyclic) bond motifs is 2. The molecule has 0 aliphatic carbocycles. The maximum Gasteiger partial charge on any atom is 0.429 e. The molecule has 10 nitrogen and oxygen atoms in total. The number of hydrazine groups is 1. The average molecular weight is 801 g/mol. The number of amides is 1. The Morgan fingerprint density at radius 1 is 0.982 bits per heavy atom. The van der Waals surface area contributed by atoms with Gasteiger partial charge in [0.25, 0.3) is 0 Å². The molecule has 0 bridgehead atoms. The van der Waals surface area contributed by atoms with Crippen molar-refractivity contribution in [1.29, 1.82) is 0 Å². The van der Waals surface area contributed by atoms with Gasteiger partial charge in [0, 0.05) is 36.3 Å². The van der Waals surface area contributed by atoms with Crippen LogP contribution in [0.5, 0.6) is 11.8 Å². The number of aromatic nitrogens is 3. The summed E-state index contributed by atoms with van der Waals surface area (Å²) in [6.45, 7) is 20.6. The van der Waals surface area contributed by atoms with E-state index in [9.17, 15) is 9.90 Å². The number of hydrogen-bond acceptors (Lipinski definition) is 9. The molecule has 1 amide bonds. The second-order valence-corrected chi connectivity index (χ2v) is 23.1. The van der Waals surface area contributed by atoms with Crippen LogP contribution in [0.3, 0.4) is 0 Å². The van der Waals surface area contributed by atoms with Crippen LogP contribution in [-0.4, -0.2) is 89.1 Å². The van der Waals surface area contributed by atoms with Crippen molar-refractivity contribution < 1.29 is 28.2 Å². The van der Waals surface area contributed by atoms with Gasteiger partial charge in [0.1, 0.15) is 43.1 Å². The van der Waals surface area contributed by atoms with Gasteiger partial charge in [-0.1, -0.05) is 53.5 Å². The van der Waals surface area contributed by atoms with Gasteiger partial charge in [0.2, 0.25) is 0 Å². The SMILES string of the molecule is CC(C)[Si](C#Cc1c(F)ccc2cc(O)cc(-c3ncc4c(N5CCCCCN5C(=O)OC(C)(C)C)nc(OC[C@@H]5CCCN5C)nc4c3F)c12)(C(C)C)C(C)C. The highest BCUT2D eigenvalue weighted by atomic mass is 28.3. The molecule has 2 aromatic carbocycles. The van der Waals surface area contributed by atoms with Crippen molar-refractivity contribution >= 4 is 41.7 Å². The first-order chi connectivity index (χ1) is 26.9. The zero-order valence-electron chi connectivity index (χ0n) is 35.2. The number of aromatic hydroxyl groups is 1. The quantitative estimate of drug-likeness (QED) is 0.138. The minimum absolute atomic E-state index is 0.0436. The number of anilines is 1. The van der Waals surface area contributed by atoms with E-state index in [1.165, 1.54) is 29.4 Å². The van der Waals surface area contributed by atoms with Crippen LogP contribution in [0.1, 0.15) is 100.0 Å². The molecule has 2 fully saturated rings. The molecular formula is C44H58F2N6O4Si. The number of phenolic OH excluding ortho intramolecular Hbond substituents is 1. The van der Waals surface area contributed by atoms with Gasteiger partial charge in [-0.05, 0) is 107 Å². The molecule has 2 aliphatic rings. The number of likely N-dealkylation sites (N-methyl/N-ethyl adjacent to an activating group) is 1. The number of halogens is 2. The fraction of sp³-hybridized carbons (Fsp3) is 0.545. The molecular weight excluding hydrogens is 743 g/mol. The van der Waals surface area contributed by atoms with Gasteiger partial charge in [0.15, 0.2) is 11.6 Å². The van der Waals surface area contributed by atoms with Crippen molar-refractivity contribution in [2.45, 2.75) is 123 Å². The van der Waals surface area contributed by atoms with Gasteiger partial charge in [-0.15, -0.1) is 5.54 Å². The Balaban J connectivity index is 1.58. The van der Waals surface area contributed by atoms with Gasteiger partial charge in [0.05, 0.1) is 10.9 Å². The fourth-order valence-electron chi connectivity index (χ4n) is 8.83. The topological polar surface area (TPSA) is 104 Å². The van der Waals surface area contributed by atoms with Crippen molar-refractivity contribution in [3.05, 3.63) is 47.7 Å². The molecule has 1 N–H and O–H groups in total. The van der Waals surface area contributed by atoms with E-state index >= 15 is 8.78 Å². The van der Waals surface area contributed by atoms with Crippen molar-refractivity contribution in [2.75, 3.05) is 38.3 Å². The first kappa shape index (κ1) is 42.1. The molecule has 0 radical (unpaired) electrons. The van der Waals surface area contributed by atoms with Crippen LogP contribution in [-0.2, 0) is 4.74 Å². The maximum atomic E-state index is 17.5. The number of rotatable bonds is 8. The van der Waals surface area contributed by atoms with Gasteiger partial charge >= 0.3 is 12.1 Å². The van der Waals surface area contributed by atoms with Crippen molar-refractivity contribution in [3.63, 3.8) is 0 Å². The second-order valence-electron chi connectivity index (χ2n) is 17.5. The van der Waals surface area contributed by atoms with E-state index in [1.807, 2.05) is 27.8 Å². The minimum Gasteiger partial charge on any atom is -0.508 e. The standard InChI is InChI=1S/C44H58F2N6O4Si/c1-27(2)57(28(3)4,29(5)6)22-18-33-36(45)17-16-30-23-32(53)24-34(37(30)33)39-38(46)40-35(25-47-39)41(49-42(48-40)55-26-31-15-14-19-50(31)10)51-20-12-11-13-21-52(51)43(54)56-44(7,8)9/h16-17,23-25,27-29,31,53H,11-15,19-21,26H2,1-10H3/t31-/m0/s1. The van der Waals surface area contributed by atoms with E-state index in [4.69, 9.17) is 14.5 Å². The van der Waals surface area contributed by atoms with Crippen LogP contribution in [0.4, 0.5) is 19.4 Å². The Bertz CT molecular complexity index is 2180. The molecule has 0 spiro atoms. The molecule has 1 atom stereocenters. The summed E-state index contributed by atoms with van der Waals surface area (Å²) in [6, 6.07) is 5.92. The first-order valence-corrected chi connectivity index (χ1v) is 22.6. The van der Waals surface area contributed by atoms with Gasteiger partial charge in [-0.25, -0.2) is 18.6 Å². The summed E-state index contributed by atoms with van der Waals surface area (Å²) in [7, 11) is -0.259. The van der Waals surface area contributed by atoms with Crippen molar-refractivity contribution in [2.24, 2.45) is 0 Å². The van der Waals surface area contributed by atoms with Crippen LogP contribution in [0.15, 0.2) is 30.5 Å². The highest BCUT2D eigenvalue weighted by Crippen LogP contribution is 2.42. The lowest BCUT2D eigenvalue weighted by Gasteiger charge is -2.38. The summed E-state index contributed by atoms with van der Waals surface area (Å²) >= 11 is 0. The lowest BCUT2D eigenvalue weighted by Crippen LogP contribution is -2.49. The summed E-state index contributed by atoms with van der Waals surface area (Å²) in [5.74, 6) is 2.06. The second kappa shape index (κ2) is 16.7. The Morgan fingerprint density at radius 2 is 1.68 bits per heavy atom. The predicted molar refractivity (Wildman–Crippen MR) is 225 cm³/mol. The summed E-state index contributed by atoms with van der Waals surface area (Å²) in [4.78, 5) is 30.0. The van der Waals surface area contributed by atoms with Gasteiger partial charge < -0.3 is 19.5 Å². The molecule has 13 heteroatoms. The molecule has 4 heterocycles. The predicted octanol–water partition coefficient (Wildman–Crippen LogP) is 10.0. The van der Waals surface area contributed by atoms with Gasteiger partial charge in [-0.3, -0.25) is 9.99 Å². The van der Waals surface area contributed by atoms with Crippen molar-refractivity contribution in [1.82, 2.24) is 24.9 Å². The zero-order chi connectivity index (χ0) is 41.4. The number of ether oxygens (including phenoxy) is 2.